The van der Waals surface area contributed by atoms with E-state index in [9.17, 15) is 18.1 Å². The lowest BCUT2D eigenvalue weighted by Crippen LogP contribution is -2.33. The Kier molecular flexibility index (Phi) is 7.55. The van der Waals surface area contributed by atoms with Gasteiger partial charge in [-0.3, -0.25) is 14.4 Å². The van der Waals surface area contributed by atoms with Gasteiger partial charge in [-0.15, -0.1) is 0 Å². The van der Waals surface area contributed by atoms with E-state index in [-0.39, 0.29) is 41.5 Å². The van der Waals surface area contributed by atoms with Crippen LogP contribution >= 0.6 is 7.29 Å². The molecule has 0 bridgehead atoms. The molecule has 1 saturated carbocycles. The topological polar surface area (TPSA) is 58.2 Å². The second kappa shape index (κ2) is 11.0. The number of hydrogen-bond acceptors (Lipinski definition) is 2. The third kappa shape index (κ3) is 5.33. The molecule has 38 heavy (non-hydrogen) atoms. The molecule has 1 aliphatic rings. The Bertz CT molecular complexity index is 1420. The third-order valence-corrected chi connectivity index (χ3v) is 9.82. The lowest BCUT2D eigenvalue weighted by atomic mass is 10.0. The van der Waals surface area contributed by atoms with E-state index in [1.807, 2.05) is 91.0 Å². The van der Waals surface area contributed by atoms with Crippen LogP contribution in [0, 0.1) is 30.4 Å². The number of rotatable bonds is 9. The standard InChI is InChI=1S/C31H29F2N2O2P/c1-21-17-18-23(29(33)28(21)32)20-34-31(36)27-19-26(27)30(22-11-5-2-6-12-22)35-38(37,24-13-7-3-8-14-24)25-15-9-4-10-16-25/h2-18,26-27,30H,19-20H2,1H3,(H,34,36)(H,35,37)/t26-,27-,30+/m0/s1. The van der Waals surface area contributed by atoms with Crippen molar-refractivity contribution in [2.75, 3.05) is 0 Å². The van der Waals surface area contributed by atoms with Crippen LogP contribution in [0.15, 0.2) is 103 Å². The minimum absolute atomic E-state index is 0.0962. The lowest BCUT2D eigenvalue weighted by Gasteiger charge is -2.28. The summed E-state index contributed by atoms with van der Waals surface area (Å²) in [5.41, 5.74) is 1.26. The zero-order valence-electron chi connectivity index (χ0n) is 21.0. The number of carbonyl (C=O) groups excluding carboxylic acids is 1. The van der Waals surface area contributed by atoms with E-state index < -0.39 is 18.9 Å². The third-order valence-electron chi connectivity index (χ3n) is 7.13. The highest BCUT2D eigenvalue weighted by Crippen LogP contribution is 2.52. The first-order chi connectivity index (χ1) is 18.4. The Morgan fingerprint density at radius 3 is 1.97 bits per heavy atom. The molecule has 7 heteroatoms. The second-order valence-corrected chi connectivity index (χ2v) is 12.2. The van der Waals surface area contributed by atoms with E-state index in [1.54, 1.807) is 0 Å². The maximum Gasteiger partial charge on any atom is 0.223 e. The molecule has 194 valence electrons. The maximum absolute atomic E-state index is 14.7. The highest BCUT2D eigenvalue weighted by molar-refractivity contribution is 7.76. The molecule has 1 amide bonds. The van der Waals surface area contributed by atoms with Gasteiger partial charge in [0.05, 0.1) is 0 Å². The summed E-state index contributed by atoms with van der Waals surface area (Å²) in [6.07, 6.45) is 0.590. The van der Waals surface area contributed by atoms with Gasteiger partial charge < -0.3 is 5.32 Å². The smallest absolute Gasteiger partial charge is 0.223 e. The van der Waals surface area contributed by atoms with Crippen LogP contribution < -0.4 is 21.0 Å². The first-order valence-electron chi connectivity index (χ1n) is 12.6. The first kappa shape index (κ1) is 26.0. The molecule has 0 radical (unpaired) electrons. The zero-order valence-corrected chi connectivity index (χ0v) is 21.9. The Labute approximate surface area is 221 Å². The number of benzene rings is 4. The molecule has 1 fully saturated rings. The Balaban J connectivity index is 1.40. The number of aryl methyl sites for hydroxylation is 1. The van der Waals surface area contributed by atoms with Crippen molar-refractivity contribution in [2.45, 2.75) is 25.9 Å². The van der Waals surface area contributed by atoms with Crippen LogP contribution in [-0.4, -0.2) is 5.91 Å². The molecule has 5 rings (SSSR count). The molecule has 0 unspecified atom stereocenters. The van der Waals surface area contributed by atoms with Crippen LogP contribution in [-0.2, 0) is 15.9 Å². The van der Waals surface area contributed by atoms with Gasteiger partial charge in [0.25, 0.3) is 0 Å². The van der Waals surface area contributed by atoms with Crippen molar-refractivity contribution < 1.29 is 18.1 Å². The summed E-state index contributed by atoms with van der Waals surface area (Å²) in [7, 11) is -3.27. The Morgan fingerprint density at radius 2 is 1.39 bits per heavy atom. The van der Waals surface area contributed by atoms with Gasteiger partial charge in [-0.05, 0) is 54.7 Å². The van der Waals surface area contributed by atoms with Gasteiger partial charge in [-0.25, -0.2) is 8.78 Å². The van der Waals surface area contributed by atoms with Crippen LogP contribution in [0.4, 0.5) is 8.78 Å². The normalized spacial score (nSPS) is 17.6. The fourth-order valence-corrected chi connectivity index (χ4v) is 7.38. The van der Waals surface area contributed by atoms with Crippen LogP contribution in [0.2, 0.25) is 0 Å². The Hall–Kier alpha value is -3.60. The van der Waals surface area contributed by atoms with Crippen molar-refractivity contribution in [3.05, 3.63) is 131 Å². The predicted octanol–water partition coefficient (Wildman–Crippen LogP) is 5.79. The highest BCUT2D eigenvalue weighted by Gasteiger charge is 2.50. The number of hydrogen-bond donors (Lipinski definition) is 2. The van der Waals surface area contributed by atoms with Gasteiger partial charge in [-0.1, -0.05) is 78.9 Å². The largest absolute Gasteiger partial charge is 0.352 e. The van der Waals surface area contributed by atoms with Crippen molar-refractivity contribution in [3.63, 3.8) is 0 Å². The minimum atomic E-state index is -3.27. The average molecular weight is 531 g/mol. The second-order valence-electron chi connectivity index (χ2n) is 9.69. The van der Waals surface area contributed by atoms with Crippen molar-refractivity contribution >= 4 is 23.8 Å². The fourth-order valence-electron chi connectivity index (χ4n) is 4.87. The molecule has 4 aromatic carbocycles. The maximum atomic E-state index is 14.7. The predicted molar refractivity (Wildman–Crippen MR) is 147 cm³/mol. The summed E-state index contributed by atoms with van der Waals surface area (Å²) in [6.45, 7) is 1.40. The first-order valence-corrected chi connectivity index (χ1v) is 14.3. The van der Waals surface area contributed by atoms with Crippen LogP contribution in [0.25, 0.3) is 0 Å². The van der Waals surface area contributed by atoms with Crippen LogP contribution in [0.5, 0.6) is 0 Å². The van der Waals surface area contributed by atoms with Crippen molar-refractivity contribution in [1.29, 1.82) is 0 Å². The summed E-state index contributed by atoms with van der Waals surface area (Å²) >= 11 is 0. The molecule has 0 aromatic heterocycles. The van der Waals surface area contributed by atoms with Gasteiger partial charge in [0, 0.05) is 34.7 Å². The van der Waals surface area contributed by atoms with Gasteiger partial charge in [-0.2, -0.15) is 0 Å². The molecule has 2 N–H and O–H groups in total. The molecule has 0 spiro atoms. The number of amides is 1. The van der Waals surface area contributed by atoms with E-state index in [1.165, 1.54) is 19.1 Å². The van der Waals surface area contributed by atoms with Gasteiger partial charge >= 0.3 is 0 Å². The summed E-state index contributed by atoms with van der Waals surface area (Å²) in [5.74, 6) is -2.52. The minimum Gasteiger partial charge on any atom is -0.352 e. The van der Waals surface area contributed by atoms with Crippen LogP contribution in [0.3, 0.4) is 0 Å². The van der Waals surface area contributed by atoms with E-state index >= 15 is 0 Å². The van der Waals surface area contributed by atoms with Crippen molar-refractivity contribution in [3.8, 4) is 0 Å². The van der Waals surface area contributed by atoms with E-state index in [4.69, 9.17) is 0 Å². The van der Waals surface area contributed by atoms with E-state index in [0.717, 1.165) is 5.56 Å². The van der Waals surface area contributed by atoms with E-state index in [0.29, 0.717) is 17.0 Å². The summed E-state index contributed by atoms with van der Waals surface area (Å²) in [6, 6.07) is 31.0. The highest BCUT2D eigenvalue weighted by atomic mass is 31.2. The fraction of sp³-hybridized carbons (Fsp3) is 0.194. The number of nitrogens with one attached hydrogen (secondary N) is 2. The van der Waals surface area contributed by atoms with Crippen LogP contribution in [0.1, 0.15) is 29.2 Å². The van der Waals surface area contributed by atoms with E-state index in [2.05, 4.69) is 10.4 Å². The number of carbonyl (C=O) groups is 1. The molecule has 0 aliphatic heterocycles. The van der Waals surface area contributed by atoms with Gasteiger partial charge in [0.1, 0.15) is 0 Å². The molecule has 3 atom stereocenters. The average Bonchev–Trinajstić information content (AvgIpc) is 3.76. The molecule has 0 saturated heterocycles. The van der Waals surface area contributed by atoms with Gasteiger partial charge in [0.2, 0.25) is 13.2 Å². The molecular formula is C31H29F2N2O2P. The van der Waals surface area contributed by atoms with Crippen molar-refractivity contribution in [2.24, 2.45) is 11.8 Å². The lowest BCUT2D eigenvalue weighted by molar-refractivity contribution is -0.122. The zero-order chi connectivity index (χ0) is 26.7. The Morgan fingerprint density at radius 1 is 0.842 bits per heavy atom. The molecule has 0 heterocycles. The van der Waals surface area contributed by atoms with Gasteiger partial charge in [0.15, 0.2) is 11.6 Å². The summed E-state index contributed by atoms with van der Waals surface area (Å²) < 4.78 is 43.0. The molecule has 4 nitrogen and oxygen atoms in total. The number of halogens is 2. The summed E-state index contributed by atoms with van der Waals surface area (Å²) in [5, 5.41) is 7.63. The molecule has 1 aliphatic carbocycles. The summed E-state index contributed by atoms with van der Waals surface area (Å²) in [4.78, 5) is 13.1. The quantitative estimate of drug-likeness (QED) is 0.270. The molecule has 4 aromatic rings. The SMILES string of the molecule is Cc1ccc(CNC(=O)[C@H]2C[C@@H]2[C@H](NP(=O)(c2ccccc2)c2ccccc2)c2ccccc2)c(F)c1F. The molecular weight excluding hydrogens is 501 g/mol. The monoisotopic (exact) mass is 530 g/mol. The van der Waals surface area contributed by atoms with Crippen molar-refractivity contribution in [1.82, 2.24) is 10.4 Å².